The van der Waals surface area contributed by atoms with Crippen molar-refractivity contribution in [3.8, 4) is 0 Å². The van der Waals surface area contributed by atoms with Gasteiger partial charge in [-0.2, -0.15) is 5.48 Å². The molecule has 4 rings (SSSR count). The van der Waals surface area contributed by atoms with E-state index in [0.29, 0.717) is 24.7 Å². The second-order valence-electron chi connectivity index (χ2n) is 6.84. The maximum atomic E-state index is 14.4. The SMILES string of the molecule is COCC1ONC2(c3ccc(F)cc3F)COC(C3CC3)CC12. The number of ether oxygens (including phenoxy) is 2. The van der Waals surface area contributed by atoms with E-state index >= 15 is 0 Å². The van der Waals surface area contributed by atoms with Crippen LogP contribution in [0.4, 0.5) is 8.78 Å². The zero-order valence-corrected chi connectivity index (χ0v) is 13.1. The van der Waals surface area contributed by atoms with Gasteiger partial charge in [-0.3, -0.25) is 4.84 Å². The van der Waals surface area contributed by atoms with Crippen molar-refractivity contribution in [2.75, 3.05) is 20.3 Å². The van der Waals surface area contributed by atoms with Gasteiger partial charge in [0.05, 0.1) is 24.9 Å². The van der Waals surface area contributed by atoms with Crippen LogP contribution in [0.2, 0.25) is 0 Å². The number of rotatable bonds is 4. The Morgan fingerprint density at radius 1 is 1.35 bits per heavy atom. The summed E-state index contributed by atoms with van der Waals surface area (Å²) in [4.78, 5) is 5.72. The third-order valence-corrected chi connectivity index (χ3v) is 5.38. The summed E-state index contributed by atoms with van der Waals surface area (Å²) in [5, 5.41) is 0. The number of hydrogen-bond donors (Lipinski definition) is 1. The molecular formula is C17H21F2NO3. The predicted molar refractivity (Wildman–Crippen MR) is 78.5 cm³/mol. The quantitative estimate of drug-likeness (QED) is 0.923. The summed E-state index contributed by atoms with van der Waals surface area (Å²) in [6.45, 7) is 0.751. The van der Waals surface area contributed by atoms with Crippen LogP contribution in [0.15, 0.2) is 18.2 Å². The molecule has 126 valence electrons. The fourth-order valence-corrected chi connectivity index (χ4v) is 4.00. The monoisotopic (exact) mass is 325 g/mol. The Labute approximate surface area is 134 Å². The minimum atomic E-state index is -0.785. The van der Waals surface area contributed by atoms with Crippen LogP contribution in [0.3, 0.4) is 0 Å². The third kappa shape index (κ3) is 2.58. The number of halogens is 2. The van der Waals surface area contributed by atoms with Gasteiger partial charge in [-0.1, -0.05) is 6.07 Å². The summed E-state index contributed by atoms with van der Waals surface area (Å²) >= 11 is 0. The van der Waals surface area contributed by atoms with Gasteiger partial charge < -0.3 is 9.47 Å². The molecule has 0 aromatic heterocycles. The normalized spacial score (nSPS) is 36.9. The molecule has 4 atom stereocenters. The average Bonchev–Trinajstić information content (AvgIpc) is 3.31. The molecule has 23 heavy (non-hydrogen) atoms. The van der Waals surface area contributed by atoms with E-state index < -0.39 is 17.2 Å². The lowest BCUT2D eigenvalue weighted by Crippen LogP contribution is -2.53. The third-order valence-electron chi connectivity index (χ3n) is 5.38. The first-order chi connectivity index (χ1) is 11.1. The molecule has 2 aliphatic heterocycles. The fourth-order valence-electron chi connectivity index (χ4n) is 4.00. The molecule has 2 heterocycles. The molecule has 0 amide bonds. The van der Waals surface area contributed by atoms with Crippen LogP contribution in [0, 0.1) is 23.5 Å². The van der Waals surface area contributed by atoms with E-state index in [4.69, 9.17) is 14.3 Å². The summed E-state index contributed by atoms with van der Waals surface area (Å²) < 4.78 is 39.0. The molecule has 0 radical (unpaired) electrons. The molecule has 1 N–H and O–H groups in total. The molecule has 0 bridgehead atoms. The lowest BCUT2D eigenvalue weighted by Gasteiger charge is -2.42. The van der Waals surface area contributed by atoms with Crippen LogP contribution < -0.4 is 5.48 Å². The molecule has 3 fully saturated rings. The van der Waals surface area contributed by atoms with Gasteiger partial charge in [0.25, 0.3) is 0 Å². The Morgan fingerprint density at radius 2 is 2.17 bits per heavy atom. The molecule has 1 aromatic carbocycles. The number of nitrogens with one attached hydrogen (secondary N) is 1. The molecule has 4 nitrogen and oxygen atoms in total. The number of hydrogen-bond acceptors (Lipinski definition) is 4. The van der Waals surface area contributed by atoms with Crippen LogP contribution in [0.25, 0.3) is 0 Å². The van der Waals surface area contributed by atoms with Gasteiger partial charge in [0.15, 0.2) is 0 Å². The lowest BCUT2D eigenvalue weighted by atomic mass is 9.72. The Kier molecular flexibility index (Phi) is 3.88. The number of methoxy groups -OCH3 is 1. The van der Waals surface area contributed by atoms with Crippen LogP contribution in [0.5, 0.6) is 0 Å². The maximum Gasteiger partial charge on any atom is 0.131 e. The van der Waals surface area contributed by atoms with Gasteiger partial charge in [0, 0.05) is 24.7 Å². The van der Waals surface area contributed by atoms with Gasteiger partial charge in [-0.05, 0) is 31.2 Å². The molecule has 2 saturated heterocycles. The second-order valence-corrected chi connectivity index (χ2v) is 6.84. The van der Waals surface area contributed by atoms with Crippen molar-refractivity contribution in [3.05, 3.63) is 35.4 Å². The van der Waals surface area contributed by atoms with Crippen molar-refractivity contribution in [3.63, 3.8) is 0 Å². The van der Waals surface area contributed by atoms with Crippen LogP contribution in [-0.2, 0) is 19.9 Å². The van der Waals surface area contributed by atoms with Crippen molar-refractivity contribution in [1.29, 1.82) is 0 Å². The maximum absolute atomic E-state index is 14.4. The van der Waals surface area contributed by atoms with Crippen LogP contribution in [0.1, 0.15) is 24.8 Å². The molecule has 3 aliphatic rings. The smallest absolute Gasteiger partial charge is 0.131 e. The highest BCUT2D eigenvalue weighted by molar-refractivity contribution is 5.30. The summed E-state index contributed by atoms with van der Waals surface area (Å²) in [6, 6.07) is 3.69. The van der Waals surface area contributed by atoms with Crippen molar-refractivity contribution < 1.29 is 23.1 Å². The number of fused-ring (bicyclic) bond motifs is 1. The van der Waals surface area contributed by atoms with E-state index in [1.165, 1.54) is 25.0 Å². The minimum absolute atomic E-state index is 0.0294. The summed E-state index contributed by atoms with van der Waals surface area (Å²) in [5.74, 6) is -0.520. The zero-order valence-electron chi connectivity index (χ0n) is 13.1. The minimum Gasteiger partial charge on any atom is -0.382 e. The summed E-state index contributed by atoms with van der Waals surface area (Å²) in [7, 11) is 1.62. The van der Waals surface area contributed by atoms with Gasteiger partial charge in [0.2, 0.25) is 0 Å². The van der Waals surface area contributed by atoms with E-state index in [-0.39, 0.29) is 18.1 Å². The van der Waals surface area contributed by atoms with E-state index in [1.54, 1.807) is 7.11 Å². The molecule has 1 aromatic rings. The van der Waals surface area contributed by atoms with Gasteiger partial charge >= 0.3 is 0 Å². The predicted octanol–water partition coefficient (Wildman–Crippen LogP) is 2.53. The van der Waals surface area contributed by atoms with Crippen LogP contribution >= 0.6 is 0 Å². The Bertz CT molecular complexity index is 595. The lowest BCUT2D eigenvalue weighted by molar-refractivity contribution is -0.0777. The molecule has 6 heteroatoms. The van der Waals surface area contributed by atoms with Gasteiger partial charge in [0.1, 0.15) is 17.7 Å². The highest BCUT2D eigenvalue weighted by atomic mass is 19.1. The average molecular weight is 325 g/mol. The Balaban J connectivity index is 1.69. The van der Waals surface area contributed by atoms with Crippen molar-refractivity contribution in [2.45, 2.75) is 37.0 Å². The molecule has 1 aliphatic carbocycles. The zero-order chi connectivity index (χ0) is 16.0. The summed E-state index contributed by atoms with van der Waals surface area (Å²) in [6.07, 6.45) is 3.20. The number of benzene rings is 1. The van der Waals surface area contributed by atoms with Crippen molar-refractivity contribution in [2.24, 2.45) is 11.8 Å². The first kappa shape index (κ1) is 15.4. The molecule has 0 spiro atoms. The summed E-state index contributed by atoms with van der Waals surface area (Å²) in [5.41, 5.74) is 2.61. The Morgan fingerprint density at radius 3 is 2.87 bits per heavy atom. The van der Waals surface area contributed by atoms with E-state index in [9.17, 15) is 8.78 Å². The molecule has 4 unspecified atom stereocenters. The molecular weight excluding hydrogens is 304 g/mol. The standard InChI is InChI=1S/C17H21F2NO3/c1-21-8-16-13-7-15(10-2-3-10)22-9-17(13,20-23-16)12-5-4-11(18)6-14(12)19/h4-6,10,13,15-16,20H,2-3,7-9H2,1H3. The van der Waals surface area contributed by atoms with E-state index in [2.05, 4.69) is 5.48 Å². The highest BCUT2D eigenvalue weighted by Crippen LogP contribution is 2.49. The van der Waals surface area contributed by atoms with E-state index in [1.807, 2.05) is 0 Å². The van der Waals surface area contributed by atoms with Gasteiger partial charge in [-0.25, -0.2) is 8.78 Å². The highest BCUT2D eigenvalue weighted by Gasteiger charge is 2.57. The fraction of sp³-hybridized carbons (Fsp3) is 0.647. The first-order valence-corrected chi connectivity index (χ1v) is 8.13. The largest absolute Gasteiger partial charge is 0.382 e. The topological polar surface area (TPSA) is 39.7 Å². The van der Waals surface area contributed by atoms with Gasteiger partial charge in [-0.15, -0.1) is 0 Å². The number of hydroxylamine groups is 1. The van der Waals surface area contributed by atoms with E-state index in [0.717, 1.165) is 12.5 Å². The Hall–Kier alpha value is -1.08. The second kappa shape index (κ2) is 5.77. The first-order valence-electron chi connectivity index (χ1n) is 8.13. The van der Waals surface area contributed by atoms with Crippen LogP contribution in [-0.4, -0.2) is 32.5 Å². The van der Waals surface area contributed by atoms with Crippen molar-refractivity contribution >= 4 is 0 Å². The molecule has 1 saturated carbocycles. The van der Waals surface area contributed by atoms with Crippen molar-refractivity contribution in [1.82, 2.24) is 5.48 Å².